The first kappa shape index (κ1) is 27.9. The van der Waals surface area contributed by atoms with E-state index in [0.717, 1.165) is 6.92 Å². The molecule has 12 heteroatoms. The van der Waals surface area contributed by atoms with Gasteiger partial charge >= 0.3 is 67.6 Å². The molecular weight excluding hydrogens is 394 g/mol. The van der Waals surface area contributed by atoms with Crippen molar-refractivity contribution in [2.75, 3.05) is 27.7 Å². The summed E-state index contributed by atoms with van der Waals surface area (Å²) in [6.45, 7) is 1.39. The third-order valence-corrected chi connectivity index (χ3v) is 2.98. The molecule has 1 unspecified atom stereocenters. The van der Waals surface area contributed by atoms with E-state index < -0.39 is 60.8 Å². The zero-order chi connectivity index (χ0) is 20.7. The van der Waals surface area contributed by atoms with E-state index in [9.17, 15) is 29.1 Å². The molecule has 0 saturated carbocycles. The number of aliphatic carboxylic acids is 2. The summed E-state index contributed by atoms with van der Waals surface area (Å²) in [5.41, 5.74) is -2.90. The number of esters is 3. The smallest absolute Gasteiger partial charge is 1.00 e. The number of aliphatic hydroxyl groups is 1. The first-order valence-corrected chi connectivity index (χ1v) is 7.53. The van der Waals surface area contributed by atoms with E-state index in [1.165, 1.54) is 0 Å². The molecule has 0 aromatic rings. The van der Waals surface area contributed by atoms with Gasteiger partial charge in [-0.15, -0.1) is 0 Å². The van der Waals surface area contributed by atoms with E-state index in [-0.39, 0.29) is 47.1 Å². The van der Waals surface area contributed by atoms with Gasteiger partial charge in [0.2, 0.25) is 0 Å². The van der Waals surface area contributed by atoms with Crippen LogP contribution in [0.5, 0.6) is 0 Å². The van der Waals surface area contributed by atoms with Crippen molar-refractivity contribution in [3.63, 3.8) is 0 Å². The molecule has 0 aromatic carbocycles. The molecule has 0 bridgehead atoms. The topological polar surface area (TPSA) is 165 Å². The molecule has 0 aromatic heterocycles. The number of carbonyl (C=O) groups excluding carboxylic acids is 3. The summed E-state index contributed by atoms with van der Waals surface area (Å²) in [4.78, 5) is 56.2. The van der Waals surface area contributed by atoms with Gasteiger partial charge in [-0.2, -0.15) is 0 Å². The summed E-state index contributed by atoms with van der Waals surface area (Å²) in [6.07, 6.45) is -3.83. The number of ether oxygens (including phenoxy) is 2. The maximum absolute atomic E-state index is 11.8. The maximum atomic E-state index is 11.8. The minimum atomic E-state index is -2.90. The summed E-state index contributed by atoms with van der Waals surface area (Å²) >= 11 is 0. The number of carbonyl (C=O) groups is 5. The molecule has 0 aliphatic heterocycles. The second-order valence-corrected chi connectivity index (χ2v) is 6.84. The van der Waals surface area contributed by atoms with Gasteiger partial charge in [-0.25, -0.2) is 4.79 Å². The Morgan fingerprint density at radius 2 is 1.56 bits per heavy atom. The van der Waals surface area contributed by atoms with Crippen LogP contribution in [-0.2, 0) is 33.4 Å². The Morgan fingerprint density at radius 3 is 1.93 bits per heavy atom. The second-order valence-electron chi connectivity index (χ2n) is 6.84. The van der Waals surface area contributed by atoms with Crippen LogP contribution in [0, 0.1) is 0 Å². The average Bonchev–Trinajstić information content (AvgIpc) is 2.32. The van der Waals surface area contributed by atoms with Gasteiger partial charge in [-0.3, -0.25) is 19.2 Å². The monoisotopic (exact) mass is 420 g/mol. The van der Waals surface area contributed by atoms with Crippen molar-refractivity contribution in [3.05, 3.63) is 0 Å². The van der Waals surface area contributed by atoms with Crippen LogP contribution in [0.15, 0.2) is 0 Å². The molecule has 0 amide bonds. The number of carboxylic acid groups (broad SMARTS) is 2. The molecule has 0 radical (unpaired) electrons. The maximum Gasteiger partial charge on any atom is 2.00 e. The Labute approximate surface area is 188 Å². The fourth-order valence-electron chi connectivity index (χ4n) is 2.08. The van der Waals surface area contributed by atoms with Crippen LogP contribution >= 0.6 is 0 Å². The second kappa shape index (κ2) is 11.5. The average molecular weight is 420 g/mol. The van der Waals surface area contributed by atoms with Crippen LogP contribution in [0.4, 0.5) is 0 Å². The summed E-state index contributed by atoms with van der Waals surface area (Å²) in [5.74, 6) is -6.73. The largest absolute Gasteiger partial charge is 2.00 e. The normalized spacial score (nSPS) is 14.1. The van der Waals surface area contributed by atoms with Crippen LogP contribution in [0.25, 0.3) is 0 Å². The van der Waals surface area contributed by atoms with Crippen molar-refractivity contribution in [1.29, 1.82) is 0 Å². The number of nitrogens with zero attached hydrogens (tertiary/aromatic N) is 1. The number of hydrogen-bond acceptors (Lipinski definition) is 8. The van der Waals surface area contributed by atoms with Crippen molar-refractivity contribution >= 4 is 67.6 Å². The van der Waals surface area contributed by atoms with Crippen molar-refractivity contribution in [1.82, 2.24) is 0 Å². The number of carboxylic acids is 2. The van der Waals surface area contributed by atoms with Gasteiger partial charge in [0.15, 0.2) is 11.7 Å². The zero-order valence-electron chi connectivity index (χ0n) is 17.8. The SMILES string of the molecule is CC(=O)O[C@H](CC(=O)OC(=O)CC(O)(CC(=O)O)C(=O)O)C[N+](C)(C)C.[Ca+2].[H-].[H-]. The molecule has 0 saturated heterocycles. The van der Waals surface area contributed by atoms with Gasteiger partial charge in [0.25, 0.3) is 0 Å². The molecule has 27 heavy (non-hydrogen) atoms. The van der Waals surface area contributed by atoms with E-state index in [4.69, 9.17) is 14.9 Å². The molecule has 3 N–H and O–H groups in total. The van der Waals surface area contributed by atoms with Crippen LogP contribution in [-0.4, -0.2) is 127 Å². The van der Waals surface area contributed by atoms with E-state index in [1.807, 2.05) is 0 Å². The predicted molar refractivity (Wildman–Crippen MR) is 91.6 cm³/mol. The molecule has 0 aliphatic rings. The molecule has 0 heterocycles. The minimum absolute atomic E-state index is 0. The predicted octanol–water partition coefficient (Wildman–Crippen LogP) is -1.39. The molecule has 0 spiro atoms. The van der Waals surface area contributed by atoms with Crippen molar-refractivity contribution in [2.24, 2.45) is 0 Å². The fraction of sp³-hybridized carbons (Fsp3) is 0.667. The first-order chi connectivity index (χ1) is 11.6. The molecular formula is C15H26CaNO10+. The van der Waals surface area contributed by atoms with E-state index >= 15 is 0 Å². The number of rotatable bonds is 10. The summed E-state index contributed by atoms with van der Waals surface area (Å²) in [7, 11) is 5.35. The molecule has 11 nitrogen and oxygen atoms in total. The number of likely N-dealkylation sites (N-methyl/N-ethyl adjacent to an activating group) is 1. The van der Waals surface area contributed by atoms with Crippen molar-refractivity contribution in [3.8, 4) is 0 Å². The quantitative estimate of drug-likeness (QED) is 0.166. The summed E-state index contributed by atoms with van der Waals surface area (Å²) in [6, 6.07) is 0. The number of quaternary nitrogens is 1. The van der Waals surface area contributed by atoms with Gasteiger partial charge in [-0.05, 0) is 0 Å². The van der Waals surface area contributed by atoms with Crippen LogP contribution < -0.4 is 0 Å². The Kier molecular flexibility index (Phi) is 11.9. The van der Waals surface area contributed by atoms with Crippen LogP contribution in [0.1, 0.15) is 29.0 Å². The fourth-order valence-corrected chi connectivity index (χ4v) is 2.08. The minimum Gasteiger partial charge on any atom is -1.00 e. The van der Waals surface area contributed by atoms with Crippen molar-refractivity contribution < 1.29 is 56.1 Å². The van der Waals surface area contributed by atoms with Gasteiger partial charge in [0.1, 0.15) is 6.54 Å². The standard InChI is InChI=1S/C15H23NO10.Ca.2H/c1-9(17)25-10(8-16(2,3)4)5-12(20)26-13(21)7-15(24,14(22)23)6-11(18)19;;;/h10,24H,5-8H2,1-4H3,(H-,18,19,22,23);;;/q;+2;2*-1/p+1/t10-,15?;;;/m1.../s1. The molecule has 0 fully saturated rings. The van der Waals surface area contributed by atoms with E-state index in [1.54, 1.807) is 21.1 Å². The number of hydrogen-bond donors (Lipinski definition) is 3. The Hall–Kier alpha value is -1.27. The van der Waals surface area contributed by atoms with E-state index in [0.29, 0.717) is 4.48 Å². The Balaban J connectivity index is -0.00000104. The molecule has 2 atom stereocenters. The molecule has 0 aliphatic carbocycles. The molecule has 152 valence electrons. The van der Waals surface area contributed by atoms with Crippen LogP contribution in [0.2, 0.25) is 0 Å². The Morgan fingerprint density at radius 1 is 1.04 bits per heavy atom. The third-order valence-electron chi connectivity index (χ3n) is 2.98. The Bertz CT molecular complexity index is 596. The zero-order valence-corrected chi connectivity index (χ0v) is 18.0. The van der Waals surface area contributed by atoms with Crippen molar-refractivity contribution in [2.45, 2.75) is 37.9 Å². The molecule has 0 rings (SSSR count). The third kappa shape index (κ3) is 12.7. The van der Waals surface area contributed by atoms with Gasteiger partial charge in [0.05, 0.1) is 40.4 Å². The van der Waals surface area contributed by atoms with Crippen LogP contribution in [0.3, 0.4) is 0 Å². The van der Waals surface area contributed by atoms with E-state index in [2.05, 4.69) is 4.74 Å². The van der Waals surface area contributed by atoms with Gasteiger partial charge < -0.3 is 32.1 Å². The first-order valence-electron chi connectivity index (χ1n) is 7.53. The van der Waals surface area contributed by atoms with Gasteiger partial charge in [-0.1, -0.05) is 0 Å². The summed E-state index contributed by atoms with van der Waals surface area (Å²) < 4.78 is 9.74. The summed E-state index contributed by atoms with van der Waals surface area (Å²) in [5, 5.41) is 27.2. The van der Waals surface area contributed by atoms with Gasteiger partial charge in [0, 0.05) is 6.92 Å².